The number of halogens is 2. The van der Waals surface area contributed by atoms with Crippen LogP contribution in [0.1, 0.15) is 85.3 Å². The van der Waals surface area contributed by atoms with Gasteiger partial charge in [0.15, 0.2) is 6.29 Å². The number of phenols is 1. The van der Waals surface area contributed by atoms with Crippen molar-refractivity contribution in [3.8, 4) is 23.0 Å². The predicted molar refractivity (Wildman–Crippen MR) is 249 cm³/mol. The zero-order valence-corrected chi connectivity index (χ0v) is 36.5. The lowest BCUT2D eigenvalue weighted by Gasteiger charge is -2.37. The molecule has 2 N–H and O–H groups in total. The van der Waals surface area contributed by atoms with E-state index in [4.69, 9.17) is 42.1 Å². The predicted octanol–water partition coefficient (Wildman–Crippen LogP) is 13.0. The van der Waals surface area contributed by atoms with E-state index in [0.717, 1.165) is 89.3 Å². The summed E-state index contributed by atoms with van der Waals surface area (Å²) in [6, 6.07) is 51.5. The van der Waals surface area contributed by atoms with Crippen LogP contribution in [-0.4, -0.2) is 48.1 Å². The van der Waals surface area contributed by atoms with Gasteiger partial charge in [0.2, 0.25) is 0 Å². The molecule has 7 rings (SSSR count). The quantitative estimate of drug-likeness (QED) is 0.0703. The zero-order valence-electron chi connectivity index (χ0n) is 35.0. The lowest BCUT2D eigenvalue weighted by Crippen LogP contribution is -2.35. The maximum Gasteiger partial charge on any atom is 0.199 e. The van der Waals surface area contributed by atoms with Gasteiger partial charge in [0.05, 0.1) is 18.4 Å². The van der Waals surface area contributed by atoms with Crippen molar-refractivity contribution in [1.29, 1.82) is 0 Å². The Bertz CT molecular complexity index is 2210. The smallest absolute Gasteiger partial charge is 0.199 e. The maximum absolute atomic E-state index is 12.4. The topological polar surface area (TPSA) is 77.4 Å². The first-order chi connectivity index (χ1) is 29.9. The molecule has 6 aromatic carbocycles. The van der Waals surface area contributed by atoms with Gasteiger partial charge in [0.1, 0.15) is 41.8 Å². The van der Waals surface area contributed by atoms with Crippen LogP contribution < -0.4 is 14.2 Å². The summed E-state index contributed by atoms with van der Waals surface area (Å²) in [4.78, 5) is 0. The zero-order chi connectivity index (χ0) is 42.9. The van der Waals surface area contributed by atoms with Crippen LogP contribution in [0.15, 0.2) is 158 Å². The van der Waals surface area contributed by atoms with Gasteiger partial charge >= 0.3 is 0 Å². The highest BCUT2D eigenvalue weighted by molar-refractivity contribution is 6.18. The van der Waals surface area contributed by atoms with Gasteiger partial charge in [-0.05, 0) is 119 Å². The minimum atomic E-state index is -1.24. The molecular formula is C53H56Cl2O6. The minimum absolute atomic E-state index is 0.142. The monoisotopic (exact) mass is 858 g/mol. The second-order valence-electron chi connectivity index (χ2n) is 14.8. The van der Waals surface area contributed by atoms with E-state index in [9.17, 15) is 10.2 Å². The molecule has 3 atom stereocenters. The first-order valence-electron chi connectivity index (χ1n) is 21.2. The Labute approximate surface area is 371 Å². The van der Waals surface area contributed by atoms with Crippen LogP contribution in [0.2, 0.25) is 0 Å². The molecule has 0 aliphatic carbocycles. The molecule has 3 unspecified atom stereocenters. The number of rotatable bonds is 17. The van der Waals surface area contributed by atoms with Crippen LogP contribution in [0.5, 0.6) is 23.0 Å². The molecular weight excluding hydrogens is 803 g/mol. The summed E-state index contributed by atoms with van der Waals surface area (Å²) in [5, 5.41) is 22.1. The van der Waals surface area contributed by atoms with Crippen molar-refractivity contribution in [3.05, 3.63) is 191 Å². The number of hydrogen-bond acceptors (Lipinski definition) is 6. The van der Waals surface area contributed by atoms with E-state index >= 15 is 0 Å². The molecule has 0 amide bonds. The molecule has 0 spiro atoms. The van der Waals surface area contributed by atoms with Gasteiger partial charge in [-0.2, -0.15) is 0 Å². The number of hydrogen-bond donors (Lipinski definition) is 2. The number of allylic oxidation sites excluding steroid dienone is 1. The average Bonchev–Trinajstić information content (AvgIpc) is 3.32. The van der Waals surface area contributed by atoms with Crippen molar-refractivity contribution in [2.75, 3.05) is 31.6 Å². The minimum Gasteiger partial charge on any atom is -0.508 e. The van der Waals surface area contributed by atoms with E-state index in [1.54, 1.807) is 12.1 Å². The van der Waals surface area contributed by atoms with Gasteiger partial charge in [0, 0.05) is 12.3 Å². The Balaban J connectivity index is 0.000000210. The maximum atomic E-state index is 12.4. The van der Waals surface area contributed by atoms with Crippen LogP contribution in [0.4, 0.5) is 0 Å². The molecule has 0 saturated carbocycles. The molecule has 6 nitrogen and oxygen atoms in total. The van der Waals surface area contributed by atoms with Gasteiger partial charge in [0.25, 0.3) is 0 Å². The third-order valence-electron chi connectivity index (χ3n) is 10.9. The SMILES string of the molecule is CC/C(=C(\c1ccc(O)cc1)c1ccc(OCCCl)cc1)c1ccccc1.CCC(c1ccccc1)C(O)(c1ccc(OCCCl)cc1)c1ccc(OC2CCCCO2)cc1. The summed E-state index contributed by atoms with van der Waals surface area (Å²) >= 11 is 11.5. The molecule has 0 radical (unpaired) electrons. The summed E-state index contributed by atoms with van der Waals surface area (Å²) in [7, 11) is 0. The number of benzene rings is 6. The fraction of sp³-hybridized carbons (Fsp3) is 0.283. The first kappa shape index (κ1) is 45.3. The molecule has 61 heavy (non-hydrogen) atoms. The molecule has 1 fully saturated rings. The van der Waals surface area contributed by atoms with Crippen molar-refractivity contribution in [2.45, 2.75) is 63.8 Å². The number of alkyl halides is 2. The number of aromatic hydroxyl groups is 1. The highest BCUT2D eigenvalue weighted by Gasteiger charge is 2.40. The van der Waals surface area contributed by atoms with E-state index in [2.05, 4.69) is 62.4 Å². The fourth-order valence-corrected chi connectivity index (χ4v) is 8.07. The molecule has 318 valence electrons. The van der Waals surface area contributed by atoms with E-state index in [1.165, 1.54) is 11.1 Å². The van der Waals surface area contributed by atoms with Gasteiger partial charge in [-0.25, -0.2) is 0 Å². The highest BCUT2D eigenvalue weighted by atomic mass is 35.5. The van der Waals surface area contributed by atoms with Gasteiger partial charge < -0.3 is 29.2 Å². The van der Waals surface area contributed by atoms with Crippen LogP contribution in [0.25, 0.3) is 11.1 Å². The van der Waals surface area contributed by atoms with E-state index in [-0.39, 0.29) is 18.0 Å². The van der Waals surface area contributed by atoms with Gasteiger partial charge in [-0.1, -0.05) is 123 Å². The second kappa shape index (κ2) is 23.1. The molecule has 0 bridgehead atoms. The molecule has 1 aliphatic heterocycles. The lowest BCUT2D eigenvalue weighted by molar-refractivity contribution is -0.105. The third-order valence-corrected chi connectivity index (χ3v) is 11.2. The summed E-state index contributed by atoms with van der Waals surface area (Å²) in [6.45, 7) is 5.95. The molecule has 0 aromatic heterocycles. The molecule has 6 aromatic rings. The van der Waals surface area contributed by atoms with E-state index in [1.807, 2.05) is 97.1 Å². The van der Waals surface area contributed by atoms with Crippen molar-refractivity contribution in [2.24, 2.45) is 0 Å². The van der Waals surface area contributed by atoms with E-state index < -0.39 is 5.60 Å². The van der Waals surface area contributed by atoms with Crippen LogP contribution >= 0.6 is 23.2 Å². The summed E-state index contributed by atoms with van der Waals surface area (Å²) in [5.41, 5.74) is 7.28. The van der Waals surface area contributed by atoms with E-state index in [0.29, 0.717) is 25.0 Å². The number of phenolic OH excluding ortho intramolecular Hbond substituents is 1. The van der Waals surface area contributed by atoms with Crippen molar-refractivity contribution >= 4 is 34.3 Å². The van der Waals surface area contributed by atoms with Gasteiger partial charge in [-0.3, -0.25) is 0 Å². The Morgan fingerprint density at radius 2 is 1.15 bits per heavy atom. The number of aliphatic hydroxyl groups is 1. The Morgan fingerprint density at radius 3 is 1.64 bits per heavy atom. The Morgan fingerprint density at radius 1 is 0.639 bits per heavy atom. The first-order valence-corrected chi connectivity index (χ1v) is 22.3. The van der Waals surface area contributed by atoms with Crippen LogP contribution in [0, 0.1) is 0 Å². The Hall–Kier alpha value is -5.24. The van der Waals surface area contributed by atoms with Crippen LogP contribution in [-0.2, 0) is 10.3 Å². The lowest BCUT2D eigenvalue weighted by atomic mass is 9.72. The summed E-state index contributed by atoms with van der Waals surface area (Å²) < 4.78 is 23.0. The molecule has 8 heteroatoms. The fourth-order valence-electron chi connectivity index (χ4n) is 7.91. The summed E-state index contributed by atoms with van der Waals surface area (Å²) in [5.74, 6) is 3.30. The van der Waals surface area contributed by atoms with Crippen molar-refractivity contribution < 1.29 is 29.2 Å². The molecule has 1 heterocycles. The van der Waals surface area contributed by atoms with Crippen LogP contribution in [0.3, 0.4) is 0 Å². The van der Waals surface area contributed by atoms with Crippen molar-refractivity contribution in [1.82, 2.24) is 0 Å². The second-order valence-corrected chi connectivity index (χ2v) is 15.6. The molecule has 1 aliphatic rings. The van der Waals surface area contributed by atoms with Gasteiger partial charge in [-0.15, -0.1) is 23.2 Å². The normalized spacial score (nSPS) is 15.6. The average molecular weight is 860 g/mol. The Kier molecular flexibility index (Phi) is 17.2. The number of ether oxygens (including phenoxy) is 4. The largest absolute Gasteiger partial charge is 0.508 e. The standard InChI is InChI=1S/C29H33ClO4.C24H23ClO2/c1-2-27(22-8-4-3-5-9-22)29(31,23-11-15-25(16-12-23)32-21-19-30)24-13-17-26(18-14-24)34-28-10-6-7-20-33-28;1-2-23(18-6-4-3-5-7-18)24(19-8-12-21(26)13-9-19)20-10-14-22(15-11-20)27-17-16-25/h3-5,8-9,11-18,27-28,31H,2,6-7,10,19-21H2,1H3;3-15,26H,2,16-17H2,1H3/b;24-23-. The van der Waals surface area contributed by atoms with Crippen molar-refractivity contribution in [3.63, 3.8) is 0 Å². The summed E-state index contributed by atoms with van der Waals surface area (Å²) in [6.07, 6.45) is 4.55. The highest BCUT2D eigenvalue weighted by Crippen LogP contribution is 2.45. The third kappa shape index (κ3) is 12.0. The molecule has 1 saturated heterocycles.